The van der Waals surface area contributed by atoms with Crippen LogP contribution in [0, 0.1) is 16.0 Å². The van der Waals surface area contributed by atoms with Crippen molar-refractivity contribution in [3.8, 4) is 0 Å². The summed E-state index contributed by atoms with van der Waals surface area (Å²) in [6.07, 6.45) is 5.80. The van der Waals surface area contributed by atoms with Gasteiger partial charge in [-0.25, -0.2) is 8.42 Å². The number of likely N-dealkylation sites (N-methyl/N-ethyl adjacent to an activating group) is 1. The number of sulfonamides is 1. The molecule has 0 saturated carbocycles. The van der Waals surface area contributed by atoms with Crippen LogP contribution in [0.2, 0.25) is 0 Å². The van der Waals surface area contributed by atoms with Crippen molar-refractivity contribution in [1.82, 2.24) is 4.31 Å². The van der Waals surface area contributed by atoms with Gasteiger partial charge < -0.3 is 4.74 Å². The van der Waals surface area contributed by atoms with Gasteiger partial charge in [-0.3, -0.25) is 10.1 Å². The lowest BCUT2D eigenvalue weighted by Crippen LogP contribution is -2.41. The number of unbranched alkanes of at least 4 members (excludes halogenated alkanes) is 1. The van der Waals surface area contributed by atoms with E-state index >= 15 is 0 Å². The van der Waals surface area contributed by atoms with Gasteiger partial charge in [-0.05, 0) is 29.4 Å². The quantitative estimate of drug-likeness (QED) is 0.124. The molecule has 1 aromatic carbocycles. The third-order valence-electron chi connectivity index (χ3n) is 4.62. The van der Waals surface area contributed by atoms with E-state index in [4.69, 9.17) is 4.74 Å². The van der Waals surface area contributed by atoms with E-state index in [1.807, 2.05) is 30.1 Å². The maximum atomic E-state index is 13.3. The monoisotopic (exact) mass is 536 g/mol. The molecule has 7 nitrogen and oxygen atoms in total. The Balaban J connectivity index is 3.28. The number of nitrogens with zero attached hydrogens (tertiary/aromatic N) is 2. The van der Waals surface area contributed by atoms with Crippen LogP contribution in [-0.4, -0.2) is 43.9 Å². The second-order valence-electron chi connectivity index (χ2n) is 6.75. The molecule has 162 valence electrons. The van der Waals surface area contributed by atoms with Gasteiger partial charge in [0.2, 0.25) is 10.0 Å². The van der Waals surface area contributed by atoms with Crippen LogP contribution in [0.15, 0.2) is 51.0 Å². The first-order valence-corrected chi connectivity index (χ1v) is 12.1. The molecule has 1 aromatic rings. The van der Waals surface area contributed by atoms with Gasteiger partial charge in [0.1, 0.15) is 0 Å². The number of nitro groups is 1. The molecular formula is C20H29IN2O5S. The lowest BCUT2D eigenvalue weighted by molar-refractivity contribution is -0.387. The van der Waals surface area contributed by atoms with E-state index in [-0.39, 0.29) is 10.8 Å². The molecule has 29 heavy (non-hydrogen) atoms. The summed E-state index contributed by atoms with van der Waals surface area (Å²) in [4.78, 5) is 10.4. The van der Waals surface area contributed by atoms with E-state index < -0.39 is 26.7 Å². The molecular weight excluding hydrogens is 507 g/mol. The number of rotatable bonds is 12. The Morgan fingerprint density at radius 1 is 1.38 bits per heavy atom. The minimum absolute atomic E-state index is 0.138. The molecule has 0 heterocycles. The molecule has 0 bridgehead atoms. The van der Waals surface area contributed by atoms with Crippen molar-refractivity contribution >= 4 is 38.3 Å². The van der Waals surface area contributed by atoms with Crippen molar-refractivity contribution in [3.05, 3.63) is 56.2 Å². The standard InChI is InChI=1S/C20H29IN2O5S/c1-5-6-14-28-15-12-17(3)20(16(2)11-13-21)22(4)29(26,27)19-10-8-7-9-18(19)23(24)25/h7-13,16,20H,5-6,14-15H2,1-4H3/b13-11+,17-12+/t16-,20-/m0/s1. The van der Waals surface area contributed by atoms with Gasteiger partial charge in [-0.1, -0.05) is 72.7 Å². The molecule has 0 radical (unpaired) electrons. The minimum Gasteiger partial charge on any atom is -0.377 e. The van der Waals surface area contributed by atoms with Crippen molar-refractivity contribution in [2.45, 2.75) is 44.6 Å². The number of hydrogen-bond donors (Lipinski definition) is 0. The summed E-state index contributed by atoms with van der Waals surface area (Å²) >= 11 is 2.09. The molecule has 2 atom stereocenters. The van der Waals surface area contributed by atoms with Gasteiger partial charge in [0.05, 0.1) is 17.6 Å². The molecule has 0 aliphatic heterocycles. The van der Waals surface area contributed by atoms with Gasteiger partial charge >= 0.3 is 0 Å². The molecule has 0 saturated heterocycles. The Labute approximate surface area is 187 Å². The number of nitro benzene ring substituents is 1. The molecule has 0 aliphatic carbocycles. The summed E-state index contributed by atoms with van der Waals surface area (Å²) in [5, 5.41) is 11.3. The van der Waals surface area contributed by atoms with Gasteiger partial charge in [0.15, 0.2) is 4.90 Å². The van der Waals surface area contributed by atoms with Crippen LogP contribution in [0.3, 0.4) is 0 Å². The maximum Gasteiger partial charge on any atom is 0.289 e. The summed E-state index contributed by atoms with van der Waals surface area (Å²) in [5.74, 6) is -0.138. The zero-order valence-corrected chi connectivity index (χ0v) is 20.2. The van der Waals surface area contributed by atoms with Crippen molar-refractivity contribution in [2.24, 2.45) is 5.92 Å². The Morgan fingerprint density at radius 2 is 2.03 bits per heavy atom. The van der Waals surface area contributed by atoms with Gasteiger partial charge in [-0.15, -0.1) is 0 Å². The van der Waals surface area contributed by atoms with Crippen molar-refractivity contribution < 1.29 is 18.1 Å². The number of hydrogen-bond acceptors (Lipinski definition) is 5. The van der Waals surface area contributed by atoms with E-state index in [0.717, 1.165) is 18.4 Å². The second-order valence-corrected chi connectivity index (χ2v) is 9.43. The topological polar surface area (TPSA) is 89.8 Å². The average molecular weight is 536 g/mol. The zero-order chi connectivity index (χ0) is 22.0. The van der Waals surface area contributed by atoms with Gasteiger partial charge in [0, 0.05) is 19.7 Å². The smallest absolute Gasteiger partial charge is 0.289 e. The zero-order valence-electron chi connectivity index (χ0n) is 17.2. The molecule has 9 heteroatoms. The van der Waals surface area contributed by atoms with E-state index in [2.05, 4.69) is 29.5 Å². The molecule has 0 fully saturated rings. The van der Waals surface area contributed by atoms with Crippen LogP contribution in [0.1, 0.15) is 33.6 Å². The minimum atomic E-state index is -4.09. The number of ether oxygens (including phenoxy) is 1. The highest BCUT2D eigenvalue weighted by atomic mass is 127. The van der Waals surface area contributed by atoms with Crippen molar-refractivity contribution in [3.63, 3.8) is 0 Å². The number of para-hydroxylation sites is 1. The predicted molar refractivity (Wildman–Crippen MR) is 124 cm³/mol. The van der Waals surface area contributed by atoms with Crippen LogP contribution >= 0.6 is 22.6 Å². The largest absolute Gasteiger partial charge is 0.377 e. The number of halogens is 1. The summed E-state index contributed by atoms with van der Waals surface area (Å²) < 4.78 is 35.2. The van der Waals surface area contributed by atoms with E-state index in [1.54, 1.807) is 0 Å². The Bertz CT molecular complexity index is 839. The van der Waals surface area contributed by atoms with Gasteiger partial charge in [0.25, 0.3) is 5.69 Å². The fourth-order valence-electron chi connectivity index (χ4n) is 3.02. The third kappa shape index (κ3) is 7.16. The molecule has 0 aliphatic rings. The van der Waals surface area contributed by atoms with Crippen LogP contribution in [0.5, 0.6) is 0 Å². The second kappa shape index (κ2) is 12.4. The predicted octanol–water partition coefficient (Wildman–Crippen LogP) is 4.93. The Hall–Kier alpha value is -1.30. The lowest BCUT2D eigenvalue weighted by Gasteiger charge is -2.31. The first-order valence-electron chi connectivity index (χ1n) is 9.41. The van der Waals surface area contributed by atoms with Crippen LogP contribution in [0.4, 0.5) is 5.69 Å². The van der Waals surface area contributed by atoms with E-state index in [1.165, 1.54) is 35.6 Å². The van der Waals surface area contributed by atoms with Crippen LogP contribution < -0.4 is 0 Å². The maximum absolute atomic E-state index is 13.3. The lowest BCUT2D eigenvalue weighted by atomic mass is 9.95. The highest BCUT2D eigenvalue weighted by Gasteiger charge is 2.35. The molecule has 0 N–H and O–H groups in total. The molecule has 0 amide bonds. The summed E-state index contributed by atoms with van der Waals surface area (Å²) in [7, 11) is -2.63. The highest BCUT2D eigenvalue weighted by molar-refractivity contribution is 14.1. The van der Waals surface area contributed by atoms with E-state index in [9.17, 15) is 18.5 Å². The first-order chi connectivity index (χ1) is 13.7. The SMILES string of the molecule is CCCCOC/C=C(\C)[C@H]([C@@H](C)/C=C/I)N(C)S(=O)(=O)c1ccccc1[N+](=O)[O-]. The fraction of sp³-hybridized carbons (Fsp3) is 0.500. The van der Waals surface area contributed by atoms with Gasteiger partial charge in [-0.2, -0.15) is 4.31 Å². The first kappa shape index (κ1) is 25.7. The molecule has 0 unspecified atom stereocenters. The normalized spacial score (nSPS) is 15.0. The Morgan fingerprint density at radius 3 is 2.62 bits per heavy atom. The van der Waals surface area contributed by atoms with Crippen LogP contribution in [-0.2, 0) is 14.8 Å². The molecule has 1 rings (SSSR count). The third-order valence-corrected chi connectivity index (χ3v) is 6.92. The summed E-state index contributed by atoms with van der Waals surface area (Å²) in [6, 6.07) is 4.91. The highest BCUT2D eigenvalue weighted by Crippen LogP contribution is 2.30. The van der Waals surface area contributed by atoms with Crippen molar-refractivity contribution in [1.29, 1.82) is 0 Å². The Kier molecular flexibility index (Phi) is 11.0. The summed E-state index contributed by atoms with van der Waals surface area (Å²) in [5.41, 5.74) is 0.396. The average Bonchev–Trinajstić information content (AvgIpc) is 2.68. The van der Waals surface area contributed by atoms with Crippen molar-refractivity contribution in [2.75, 3.05) is 20.3 Å². The molecule has 0 spiro atoms. The summed E-state index contributed by atoms with van der Waals surface area (Å²) in [6.45, 7) is 6.90. The fourth-order valence-corrected chi connectivity index (χ4v) is 5.30. The number of benzene rings is 1. The van der Waals surface area contributed by atoms with E-state index in [0.29, 0.717) is 13.2 Å². The molecule has 0 aromatic heterocycles. The van der Waals surface area contributed by atoms with Crippen LogP contribution in [0.25, 0.3) is 0 Å².